The Morgan fingerprint density at radius 2 is 1.79 bits per heavy atom. The Morgan fingerprint density at radius 3 is 2.65 bits per heavy atom. The number of rotatable bonds is 2. The second-order valence-electron chi connectivity index (χ2n) is 9.23. The summed E-state index contributed by atoms with van der Waals surface area (Å²) in [6.07, 6.45) is 12.5. The molecule has 0 bridgehead atoms. The molecule has 8 nitrogen and oxygen atoms in total. The van der Waals surface area contributed by atoms with Crippen LogP contribution in [0, 0.1) is 5.41 Å². The van der Waals surface area contributed by atoms with Crippen LogP contribution in [0.2, 0.25) is 0 Å². The zero-order valence-corrected chi connectivity index (χ0v) is 19.4. The van der Waals surface area contributed by atoms with Crippen LogP contribution in [0.25, 0.3) is 22.3 Å². The number of piperidine rings is 1. The molecule has 7 rings (SSSR count). The maximum atomic E-state index is 6.74. The first-order valence-electron chi connectivity index (χ1n) is 11.4. The lowest BCUT2D eigenvalue weighted by Gasteiger charge is -2.42. The van der Waals surface area contributed by atoms with E-state index in [0.29, 0.717) is 0 Å². The quantitative estimate of drug-likeness (QED) is 0.421. The molecule has 0 saturated carbocycles. The molecule has 2 aliphatic rings. The Balaban J connectivity index is 0.00000217. The van der Waals surface area contributed by atoms with Gasteiger partial charge in [-0.05, 0) is 54.5 Å². The molecule has 1 aliphatic heterocycles. The van der Waals surface area contributed by atoms with Gasteiger partial charge in [0.15, 0.2) is 5.82 Å². The summed E-state index contributed by atoms with van der Waals surface area (Å²) in [5.41, 5.74) is 13.2. The highest BCUT2D eigenvalue weighted by Gasteiger charge is 2.46. The molecule has 0 amide bonds. The van der Waals surface area contributed by atoms with E-state index in [9.17, 15) is 0 Å². The average Bonchev–Trinajstić information content (AvgIpc) is 3.57. The molecule has 6 heterocycles. The van der Waals surface area contributed by atoms with E-state index in [1.54, 1.807) is 0 Å². The summed E-state index contributed by atoms with van der Waals surface area (Å²) in [5, 5.41) is 9.12. The maximum Gasteiger partial charge on any atom is 0.154 e. The van der Waals surface area contributed by atoms with E-state index in [0.717, 1.165) is 60.5 Å². The number of hydrogen-bond donors (Lipinski definition) is 1. The minimum absolute atomic E-state index is 0. The normalized spacial score (nSPS) is 19.0. The lowest BCUT2D eigenvalue weighted by molar-refractivity contribution is 0.187. The minimum Gasteiger partial charge on any atom is -0.355 e. The van der Waals surface area contributed by atoms with Crippen molar-refractivity contribution in [2.45, 2.75) is 25.3 Å². The van der Waals surface area contributed by atoms with Crippen molar-refractivity contribution in [2.75, 3.05) is 18.0 Å². The van der Waals surface area contributed by atoms with Crippen LogP contribution < -0.4 is 10.6 Å². The summed E-state index contributed by atoms with van der Waals surface area (Å²) in [6.45, 7) is 1.84. The van der Waals surface area contributed by atoms with Gasteiger partial charge in [-0.1, -0.05) is 12.1 Å². The highest BCUT2D eigenvalue weighted by atomic mass is 35.5. The molecule has 1 spiro atoms. The van der Waals surface area contributed by atoms with Crippen LogP contribution in [0.1, 0.15) is 30.1 Å². The number of nitrogens with two attached hydrogens (primary N) is 1. The van der Waals surface area contributed by atoms with E-state index in [4.69, 9.17) is 10.7 Å². The molecule has 0 radical (unpaired) electrons. The molecule has 1 fully saturated rings. The fourth-order valence-electron chi connectivity index (χ4n) is 5.77. The van der Waals surface area contributed by atoms with E-state index < -0.39 is 0 Å². The van der Waals surface area contributed by atoms with Crippen molar-refractivity contribution in [1.82, 2.24) is 29.2 Å². The molecule has 5 aromatic heterocycles. The molecule has 34 heavy (non-hydrogen) atoms. The highest BCUT2D eigenvalue weighted by Crippen LogP contribution is 2.50. The van der Waals surface area contributed by atoms with Crippen molar-refractivity contribution in [3.05, 3.63) is 78.6 Å². The molecular weight excluding hydrogens is 448 g/mol. The molecule has 5 aromatic rings. The van der Waals surface area contributed by atoms with Crippen LogP contribution in [0.15, 0.2) is 67.4 Å². The van der Waals surface area contributed by atoms with Gasteiger partial charge in [-0.3, -0.25) is 4.98 Å². The number of anilines is 1. The molecule has 0 unspecified atom stereocenters. The third kappa shape index (κ3) is 2.95. The van der Waals surface area contributed by atoms with Gasteiger partial charge in [-0.25, -0.2) is 14.0 Å². The Kier molecular flexibility index (Phi) is 4.82. The van der Waals surface area contributed by atoms with E-state index >= 15 is 0 Å². The number of nitrogens with zero attached hydrogens (tertiary/aromatic N) is 7. The highest BCUT2D eigenvalue weighted by molar-refractivity contribution is 5.85. The number of pyridine rings is 2. The monoisotopic (exact) mass is 472 g/mol. The minimum atomic E-state index is 0. The first-order valence-corrected chi connectivity index (χ1v) is 11.4. The third-order valence-electron chi connectivity index (χ3n) is 7.61. The van der Waals surface area contributed by atoms with E-state index in [2.05, 4.69) is 32.2 Å². The number of aromatic nitrogens is 6. The molecule has 0 aromatic carbocycles. The zero-order valence-electron chi connectivity index (χ0n) is 18.6. The predicted octanol–water partition coefficient (Wildman–Crippen LogP) is 3.70. The average molecular weight is 473 g/mol. The van der Waals surface area contributed by atoms with E-state index in [1.807, 2.05) is 64.3 Å². The zero-order chi connectivity index (χ0) is 22.0. The third-order valence-corrected chi connectivity index (χ3v) is 7.61. The van der Waals surface area contributed by atoms with Crippen LogP contribution in [-0.4, -0.2) is 42.3 Å². The van der Waals surface area contributed by atoms with Crippen molar-refractivity contribution in [3.8, 4) is 11.3 Å². The van der Waals surface area contributed by atoms with Crippen LogP contribution in [-0.2, 0) is 6.42 Å². The van der Waals surface area contributed by atoms with Crippen LogP contribution in [0.5, 0.6) is 0 Å². The predicted molar refractivity (Wildman–Crippen MR) is 133 cm³/mol. The van der Waals surface area contributed by atoms with Gasteiger partial charge in [0.1, 0.15) is 5.52 Å². The molecule has 1 atom stereocenters. The Morgan fingerprint density at radius 1 is 0.912 bits per heavy atom. The number of hydrogen-bond acceptors (Lipinski definition) is 6. The Bertz CT molecular complexity index is 1500. The van der Waals surface area contributed by atoms with Gasteiger partial charge in [0.05, 0.1) is 29.8 Å². The summed E-state index contributed by atoms with van der Waals surface area (Å²) < 4.78 is 3.86. The van der Waals surface area contributed by atoms with E-state index in [-0.39, 0.29) is 23.9 Å². The van der Waals surface area contributed by atoms with Gasteiger partial charge in [-0.15, -0.1) is 12.4 Å². The van der Waals surface area contributed by atoms with Crippen LogP contribution in [0.3, 0.4) is 0 Å². The van der Waals surface area contributed by atoms with Crippen LogP contribution in [0.4, 0.5) is 5.82 Å². The smallest absolute Gasteiger partial charge is 0.154 e. The van der Waals surface area contributed by atoms with Crippen molar-refractivity contribution in [3.63, 3.8) is 0 Å². The summed E-state index contributed by atoms with van der Waals surface area (Å²) in [6, 6.07) is 12.3. The standard InChI is InChI=1S/C25H24N8.ClH/c26-23-17-4-3-9-27-19(17)14-25(23)7-12-31(13-8-25)24-21-6-10-29-33(21)22(16-28-24)18-15-30-32-11-2-1-5-20(18)32;/h1-6,9-11,15-16,23H,7-8,12-14,26H2;1H/t23-;/m1./s1. The Labute approximate surface area is 202 Å². The summed E-state index contributed by atoms with van der Waals surface area (Å²) >= 11 is 0. The molecule has 9 heteroatoms. The molecule has 1 aliphatic carbocycles. The summed E-state index contributed by atoms with van der Waals surface area (Å²) in [4.78, 5) is 11.9. The van der Waals surface area contributed by atoms with Crippen molar-refractivity contribution in [1.29, 1.82) is 0 Å². The fourth-order valence-corrected chi connectivity index (χ4v) is 5.77. The van der Waals surface area contributed by atoms with Crippen molar-refractivity contribution >= 4 is 29.3 Å². The summed E-state index contributed by atoms with van der Waals surface area (Å²) in [5.74, 6) is 0.977. The maximum absolute atomic E-state index is 6.74. The number of fused-ring (bicyclic) bond motifs is 3. The Hall–Kier alpha value is -3.49. The van der Waals surface area contributed by atoms with Crippen LogP contribution >= 0.6 is 12.4 Å². The van der Waals surface area contributed by atoms with Gasteiger partial charge in [0, 0.05) is 42.8 Å². The topological polar surface area (TPSA) is 89.6 Å². The van der Waals surface area contributed by atoms with Gasteiger partial charge in [0.25, 0.3) is 0 Å². The van der Waals surface area contributed by atoms with Gasteiger partial charge >= 0.3 is 0 Å². The second kappa shape index (κ2) is 7.78. The van der Waals surface area contributed by atoms with Gasteiger partial charge in [-0.2, -0.15) is 10.2 Å². The van der Waals surface area contributed by atoms with Gasteiger partial charge in [0.2, 0.25) is 0 Å². The number of halogens is 1. The fraction of sp³-hybridized carbons (Fsp3) is 0.280. The first kappa shape index (κ1) is 21.1. The SMILES string of the molecule is Cl.N[C@@H]1c2cccnc2CC12CCN(c1ncc(-c3cnn4ccccc34)n3nccc13)CC2. The lowest BCUT2D eigenvalue weighted by Crippen LogP contribution is -2.44. The molecule has 1 saturated heterocycles. The molecule has 172 valence electrons. The van der Waals surface area contributed by atoms with Crippen molar-refractivity contribution in [2.24, 2.45) is 11.1 Å². The van der Waals surface area contributed by atoms with Crippen molar-refractivity contribution < 1.29 is 0 Å². The van der Waals surface area contributed by atoms with Gasteiger partial charge < -0.3 is 10.6 Å². The first-order chi connectivity index (χ1) is 16.2. The molecular formula is C25H25ClN8. The largest absolute Gasteiger partial charge is 0.355 e. The molecule has 2 N–H and O–H groups in total. The van der Waals surface area contributed by atoms with E-state index in [1.165, 1.54) is 11.3 Å². The lowest BCUT2D eigenvalue weighted by atomic mass is 9.73. The summed E-state index contributed by atoms with van der Waals surface area (Å²) in [7, 11) is 0. The second-order valence-corrected chi connectivity index (χ2v) is 9.23.